The first-order valence-electron chi connectivity index (χ1n) is 6.54. The number of benzene rings is 1. The quantitative estimate of drug-likeness (QED) is 0.373. The standard InChI is InChI=1S/C15H14ClN3O3S/c1-9(20)14(19-18-11-5-3-10(16)4-6-11)17-12-7-8-23-13(12)15(21)22-2/h3-8,18H,1-2H3,(H,17,19). The Morgan fingerprint density at radius 1 is 1.22 bits per heavy atom. The molecule has 2 aromatic rings. The van der Waals surface area contributed by atoms with Crippen LogP contribution in [0.3, 0.4) is 0 Å². The van der Waals surface area contributed by atoms with Gasteiger partial charge < -0.3 is 4.74 Å². The maximum Gasteiger partial charge on any atom is 0.350 e. The minimum Gasteiger partial charge on any atom is -0.465 e. The van der Waals surface area contributed by atoms with Crippen LogP contribution in [0.2, 0.25) is 5.02 Å². The number of esters is 1. The minimum atomic E-state index is -0.493. The molecule has 1 aromatic carbocycles. The molecule has 0 aliphatic carbocycles. The third-order valence-electron chi connectivity index (χ3n) is 2.75. The smallest absolute Gasteiger partial charge is 0.350 e. The first-order chi connectivity index (χ1) is 11.0. The second kappa shape index (κ2) is 7.75. The van der Waals surface area contributed by atoms with Crippen LogP contribution < -0.4 is 10.9 Å². The van der Waals surface area contributed by atoms with Crippen LogP contribution in [0.25, 0.3) is 0 Å². The number of halogens is 1. The fourth-order valence-electron chi connectivity index (χ4n) is 1.62. The zero-order valence-electron chi connectivity index (χ0n) is 12.4. The molecule has 0 fully saturated rings. The Morgan fingerprint density at radius 2 is 1.91 bits per heavy atom. The lowest BCUT2D eigenvalue weighted by Gasteiger charge is -2.10. The summed E-state index contributed by atoms with van der Waals surface area (Å²) in [4.78, 5) is 27.9. The third kappa shape index (κ3) is 4.54. The number of ketones is 1. The van der Waals surface area contributed by atoms with Crippen LogP contribution in [0, 0.1) is 0 Å². The molecule has 0 aliphatic heterocycles. The lowest BCUT2D eigenvalue weighted by atomic mass is 10.3. The average Bonchev–Trinajstić information content (AvgIpc) is 3.00. The van der Waals surface area contributed by atoms with E-state index in [0.29, 0.717) is 21.3 Å². The number of carbonyl (C=O) groups is 2. The summed E-state index contributed by atoms with van der Waals surface area (Å²) in [5.74, 6) is -0.704. The van der Waals surface area contributed by atoms with Crippen molar-refractivity contribution in [3.05, 3.63) is 45.6 Å². The first kappa shape index (κ1) is 17.0. The highest BCUT2D eigenvalue weighted by atomic mass is 35.5. The monoisotopic (exact) mass is 351 g/mol. The highest BCUT2D eigenvalue weighted by molar-refractivity contribution is 7.12. The Balaban J connectivity index is 2.18. The van der Waals surface area contributed by atoms with Crippen molar-refractivity contribution in [2.75, 3.05) is 12.5 Å². The van der Waals surface area contributed by atoms with E-state index in [2.05, 4.69) is 20.6 Å². The van der Waals surface area contributed by atoms with Gasteiger partial charge >= 0.3 is 5.97 Å². The molecule has 1 heterocycles. The average molecular weight is 352 g/mol. The van der Waals surface area contributed by atoms with E-state index in [-0.39, 0.29) is 11.6 Å². The Labute approximate surface area is 142 Å². The van der Waals surface area contributed by atoms with Crippen LogP contribution in [0.15, 0.2) is 40.7 Å². The maximum absolute atomic E-state index is 11.7. The fourth-order valence-corrected chi connectivity index (χ4v) is 2.49. The molecule has 23 heavy (non-hydrogen) atoms. The molecule has 120 valence electrons. The fraction of sp³-hybridized carbons (Fsp3) is 0.133. The van der Waals surface area contributed by atoms with Crippen molar-refractivity contribution >= 4 is 51.9 Å². The Morgan fingerprint density at radius 3 is 2.52 bits per heavy atom. The number of ether oxygens (including phenoxy) is 1. The Hall–Kier alpha value is -2.38. The van der Waals surface area contributed by atoms with E-state index in [1.165, 1.54) is 25.4 Å². The van der Waals surface area contributed by atoms with Gasteiger partial charge in [-0.25, -0.2) is 9.79 Å². The molecule has 0 unspecified atom stereocenters. The van der Waals surface area contributed by atoms with Crippen molar-refractivity contribution < 1.29 is 14.3 Å². The van der Waals surface area contributed by atoms with Gasteiger partial charge in [0.15, 0.2) is 11.6 Å². The first-order valence-corrected chi connectivity index (χ1v) is 7.80. The number of nitrogens with one attached hydrogen (secondary N) is 2. The predicted molar refractivity (Wildman–Crippen MR) is 91.6 cm³/mol. The van der Waals surface area contributed by atoms with E-state index in [4.69, 9.17) is 11.6 Å². The minimum absolute atomic E-state index is 0.0727. The topological polar surface area (TPSA) is 79.8 Å². The van der Waals surface area contributed by atoms with E-state index < -0.39 is 5.97 Å². The molecule has 0 saturated carbocycles. The van der Waals surface area contributed by atoms with Crippen LogP contribution in [0.5, 0.6) is 0 Å². The highest BCUT2D eigenvalue weighted by Crippen LogP contribution is 2.26. The molecule has 0 radical (unpaired) electrons. The second-order valence-corrected chi connectivity index (χ2v) is 5.75. The molecule has 0 aliphatic rings. The molecular formula is C15H14ClN3O3S. The van der Waals surface area contributed by atoms with Crippen LogP contribution in [-0.2, 0) is 9.53 Å². The molecule has 1 aromatic heterocycles. The number of hydrogen-bond acceptors (Lipinski definition) is 6. The number of nitrogens with zero attached hydrogens (tertiary/aromatic N) is 1. The maximum atomic E-state index is 11.7. The summed E-state index contributed by atoms with van der Waals surface area (Å²) in [6.45, 7) is 1.37. The van der Waals surface area contributed by atoms with Crippen molar-refractivity contribution in [2.45, 2.75) is 6.92 Å². The normalized spacial score (nSPS) is 11.0. The number of rotatable bonds is 5. The van der Waals surface area contributed by atoms with Crippen LogP contribution in [0.4, 0.5) is 11.4 Å². The number of hydrogen-bond donors (Lipinski definition) is 2. The summed E-state index contributed by atoms with van der Waals surface area (Å²) < 4.78 is 4.69. The van der Waals surface area contributed by atoms with Crippen LogP contribution in [0.1, 0.15) is 16.6 Å². The molecule has 0 saturated heterocycles. The van der Waals surface area contributed by atoms with Crippen molar-refractivity contribution in [3.63, 3.8) is 0 Å². The SMILES string of the molecule is COC(=O)c1sccc1N=C(NNc1ccc(Cl)cc1)C(C)=O. The summed E-state index contributed by atoms with van der Waals surface area (Å²) in [5, 5.41) is 2.31. The van der Waals surface area contributed by atoms with E-state index in [1.807, 2.05) is 0 Å². The van der Waals surface area contributed by atoms with Crippen molar-refractivity contribution in [1.29, 1.82) is 0 Å². The van der Waals surface area contributed by atoms with Gasteiger partial charge in [0.05, 0.1) is 18.5 Å². The van der Waals surface area contributed by atoms with Crippen LogP contribution >= 0.6 is 22.9 Å². The second-order valence-electron chi connectivity index (χ2n) is 4.40. The number of anilines is 1. The van der Waals surface area contributed by atoms with Gasteiger partial charge in [-0.3, -0.25) is 15.6 Å². The van der Waals surface area contributed by atoms with Gasteiger partial charge in [-0.2, -0.15) is 0 Å². The molecule has 0 bridgehead atoms. The zero-order valence-corrected chi connectivity index (χ0v) is 14.0. The number of carbonyl (C=O) groups excluding carboxylic acids is 2. The number of amidine groups is 1. The van der Waals surface area contributed by atoms with Gasteiger partial charge in [-0.15, -0.1) is 11.3 Å². The predicted octanol–water partition coefficient (Wildman–Crippen LogP) is 3.42. The third-order valence-corrected chi connectivity index (χ3v) is 3.89. The van der Waals surface area contributed by atoms with Gasteiger partial charge in [-0.1, -0.05) is 11.6 Å². The Bertz CT molecular complexity index is 741. The molecule has 2 rings (SSSR count). The zero-order chi connectivity index (χ0) is 16.8. The van der Waals surface area contributed by atoms with E-state index in [9.17, 15) is 9.59 Å². The number of aliphatic imine (C=N–C) groups is 1. The Kier molecular flexibility index (Phi) is 5.72. The molecule has 8 heteroatoms. The highest BCUT2D eigenvalue weighted by Gasteiger charge is 2.15. The van der Waals surface area contributed by atoms with Crippen molar-refractivity contribution in [3.8, 4) is 0 Å². The van der Waals surface area contributed by atoms with E-state index >= 15 is 0 Å². The lowest BCUT2D eigenvalue weighted by Crippen LogP contribution is -2.34. The van der Waals surface area contributed by atoms with Crippen LogP contribution in [-0.4, -0.2) is 24.7 Å². The molecule has 2 N–H and O–H groups in total. The summed E-state index contributed by atoms with van der Waals surface area (Å²) in [5.41, 5.74) is 6.68. The van der Waals surface area contributed by atoms with Gasteiger partial charge in [0, 0.05) is 11.9 Å². The molecule has 0 spiro atoms. The van der Waals surface area contributed by atoms with E-state index in [1.54, 1.807) is 35.7 Å². The van der Waals surface area contributed by atoms with E-state index in [0.717, 1.165) is 0 Å². The number of Topliss-reactive ketones (excluding diaryl/α,β-unsaturated/α-hetero) is 1. The van der Waals surface area contributed by atoms with Crippen molar-refractivity contribution in [2.24, 2.45) is 4.99 Å². The molecular weight excluding hydrogens is 338 g/mol. The number of hydrazine groups is 1. The summed E-state index contributed by atoms with van der Waals surface area (Å²) in [7, 11) is 1.29. The number of thiophene rings is 1. The van der Waals surface area contributed by atoms with Gasteiger partial charge in [0.2, 0.25) is 0 Å². The molecule has 0 atom stereocenters. The van der Waals surface area contributed by atoms with Crippen molar-refractivity contribution in [1.82, 2.24) is 5.43 Å². The lowest BCUT2D eigenvalue weighted by molar-refractivity contribution is -0.111. The summed E-state index contributed by atoms with van der Waals surface area (Å²) >= 11 is 7.01. The number of methoxy groups -OCH3 is 1. The van der Waals surface area contributed by atoms with Gasteiger partial charge in [0.1, 0.15) is 4.88 Å². The molecule has 6 nitrogen and oxygen atoms in total. The summed E-state index contributed by atoms with van der Waals surface area (Å²) in [6, 6.07) is 8.56. The largest absolute Gasteiger partial charge is 0.465 e. The molecule has 0 amide bonds. The van der Waals surface area contributed by atoms with Gasteiger partial charge in [-0.05, 0) is 35.7 Å². The summed E-state index contributed by atoms with van der Waals surface area (Å²) in [6.07, 6.45) is 0. The van der Waals surface area contributed by atoms with Gasteiger partial charge in [0.25, 0.3) is 0 Å².